The molecule has 110 valence electrons. The molecule has 0 amide bonds. The first-order chi connectivity index (χ1) is 9.29. The first kappa shape index (κ1) is 17.0. The maximum Gasteiger partial charge on any atom is 0.0568 e. The third-order valence-corrected chi connectivity index (χ3v) is 4.98. The van der Waals surface area contributed by atoms with Gasteiger partial charge in [-0.15, -0.1) is 11.3 Å². The molecule has 1 unspecified atom stereocenters. The molecule has 0 saturated carbocycles. The zero-order chi connectivity index (χ0) is 13.9. The lowest BCUT2D eigenvalue weighted by molar-refractivity contribution is 0.480. The summed E-state index contributed by atoms with van der Waals surface area (Å²) in [6.45, 7) is 2.26. The largest absolute Gasteiger partial charge is 0.271 e. The van der Waals surface area contributed by atoms with Gasteiger partial charge >= 0.3 is 0 Å². The molecule has 1 atom stereocenters. The van der Waals surface area contributed by atoms with Crippen LogP contribution >= 0.6 is 22.9 Å². The first-order valence-corrected chi connectivity index (χ1v) is 8.74. The van der Waals surface area contributed by atoms with Crippen LogP contribution in [0.2, 0.25) is 5.02 Å². The second-order valence-electron chi connectivity index (χ2n) is 5.12. The van der Waals surface area contributed by atoms with Crippen LogP contribution in [-0.4, -0.2) is 0 Å². The van der Waals surface area contributed by atoms with E-state index in [2.05, 4.69) is 12.3 Å². The molecular formula is C15H27ClN2S. The number of halogens is 1. The SMILES string of the molecule is CCCCCCCCCCC(NN)c1sccc1Cl. The van der Waals surface area contributed by atoms with Crippen LogP contribution in [0.5, 0.6) is 0 Å². The summed E-state index contributed by atoms with van der Waals surface area (Å²) >= 11 is 7.82. The van der Waals surface area contributed by atoms with E-state index in [4.69, 9.17) is 17.4 Å². The van der Waals surface area contributed by atoms with Crippen molar-refractivity contribution in [2.24, 2.45) is 5.84 Å². The number of unbranched alkanes of at least 4 members (excludes halogenated alkanes) is 7. The number of nitrogens with two attached hydrogens (primary N) is 1. The lowest BCUT2D eigenvalue weighted by Gasteiger charge is -2.14. The molecule has 0 aliphatic rings. The second kappa shape index (κ2) is 10.7. The standard InChI is InChI=1S/C15H27ClN2S/c1-2-3-4-5-6-7-8-9-10-14(18-17)15-13(16)11-12-19-15/h11-12,14,18H,2-10,17H2,1H3. The summed E-state index contributed by atoms with van der Waals surface area (Å²) in [6, 6.07) is 2.16. The lowest BCUT2D eigenvalue weighted by atomic mass is 10.0. The first-order valence-electron chi connectivity index (χ1n) is 7.48. The molecule has 0 radical (unpaired) electrons. The van der Waals surface area contributed by atoms with E-state index in [1.807, 2.05) is 11.4 Å². The van der Waals surface area contributed by atoms with Gasteiger partial charge in [-0.05, 0) is 17.9 Å². The van der Waals surface area contributed by atoms with Crippen molar-refractivity contribution in [2.75, 3.05) is 0 Å². The molecule has 0 bridgehead atoms. The fraction of sp³-hybridized carbons (Fsp3) is 0.733. The Kier molecular flexibility index (Phi) is 9.52. The van der Waals surface area contributed by atoms with Gasteiger partial charge in [-0.3, -0.25) is 11.3 Å². The van der Waals surface area contributed by atoms with E-state index in [-0.39, 0.29) is 6.04 Å². The van der Waals surface area contributed by atoms with Gasteiger partial charge in [0, 0.05) is 4.88 Å². The topological polar surface area (TPSA) is 38.0 Å². The number of hydrazine groups is 1. The van der Waals surface area contributed by atoms with Crippen molar-refractivity contribution in [3.05, 3.63) is 21.3 Å². The number of rotatable bonds is 11. The summed E-state index contributed by atoms with van der Waals surface area (Å²) < 4.78 is 0. The van der Waals surface area contributed by atoms with E-state index in [1.54, 1.807) is 11.3 Å². The van der Waals surface area contributed by atoms with Gasteiger partial charge in [-0.1, -0.05) is 69.9 Å². The van der Waals surface area contributed by atoms with Crippen molar-refractivity contribution >= 4 is 22.9 Å². The van der Waals surface area contributed by atoms with E-state index < -0.39 is 0 Å². The van der Waals surface area contributed by atoms with Gasteiger partial charge in [0.2, 0.25) is 0 Å². The van der Waals surface area contributed by atoms with Crippen molar-refractivity contribution in [2.45, 2.75) is 70.8 Å². The smallest absolute Gasteiger partial charge is 0.0568 e. The van der Waals surface area contributed by atoms with E-state index in [1.165, 1.54) is 56.2 Å². The zero-order valence-corrected chi connectivity index (χ0v) is 13.5. The molecule has 19 heavy (non-hydrogen) atoms. The van der Waals surface area contributed by atoms with Crippen molar-refractivity contribution in [3.8, 4) is 0 Å². The summed E-state index contributed by atoms with van der Waals surface area (Å²) in [7, 11) is 0. The lowest BCUT2D eigenvalue weighted by Crippen LogP contribution is -2.27. The Morgan fingerprint density at radius 3 is 2.32 bits per heavy atom. The number of hydrogen-bond acceptors (Lipinski definition) is 3. The van der Waals surface area contributed by atoms with Gasteiger partial charge in [-0.2, -0.15) is 0 Å². The van der Waals surface area contributed by atoms with Crippen LogP contribution in [0.15, 0.2) is 11.4 Å². The Morgan fingerprint density at radius 1 is 1.16 bits per heavy atom. The van der Waals surface area contributed by atoms with Gasteiger partial charge in [0.25, 0.3) is 0 Å². The van der Waals surface area contributed by atoms with E-state index in [0.29, 0.717) is 0 Å². The predicted octanol–water partition coefficient (Wildman–Crippen LogP) is 5.44. The molecule has 2 nitrogen and oxygen atoms in total. The maximum atomic E-state index is 6.14. The summed E-state index contributed by atoms with van der Waals surface area (Å²) in [5.41, 5.74) is 2.89. The highest BCUT2D eigenvalue weighted by molar-refractivity contribution is 7.10. The highest BCUT2D eigenvalue weighted by atomic mass is 35.5. The minimum atomic E-state index is 0.215. The van der Waals surface area contributed by atoms with E-state index in [9.17, 15) is 0 Å². The van der Waals surface area contributed by atoms with Crippen molar-refractivity contribution in [3.63, 3.8) is 0 Å². The molecule has 0 aliphatic heterocycles. The van der Waals surface area contributed by atoms with Gasteiger partial charge < -0.3 is 0 Å². The van der Waals surface area contributed by atoms with Gasteiger partial charge in [-0.25, -0.2) is 0 Å². The predicted molar refractivity (Wildman–Crippen MR) is 86.6 cm³/mol. The number of hydrogen-bond donors (Lipinski definition) is 2. The molecule has 4 heteroatoms. The number of thiophene rings is 1. The normalized spacial score (nSPS) is 12.8. The molecule has 0 aromatic carbocycles. The molecule has 0 aliphatic carbocycles. The molecule has 0 fully saturated rings. The Bertz CT molecular complexity index is 328. The van der Waals surface area contributed by atoms with Crippen LogP contribution in [0, 0.1) is 0 Å². The molecule has 0 spiro atoms. The van der Waals surface area contributed by atoms with Crippen LogP contribution in [0.25, 0.3) is 0 Å². The van der Waals surface area contributed by atoms with Gasteiger partial charge in [0.1, 0.15) is 0 Å². The Balaban J connectivity index is 2.09. The molecule has 3 N–H and O–H groups in total. The average molecular weight is 303 g/mol. The number of nitrogens with one attached hydrogen (secondary N) is 1. The van der Waals surface area contributed by atoms with Gasteiger partial charge in [0.05, 0.1) is 11.1 Å². The van der Waals surface area contributed by atoms with Crippen LogP contribution < -0.4 is 11.3 Å². The minimum Gasteiger partial charge on any atom is -0.271 e. The summed E-state index contributed by atoms with van der Waals surface area (Å²) in [5, 5.41) is 2.86. The Morgan fingerprint density at radius 2 is 1.79 bits per heavy atom. The molecule has 1 rings (SSSR count). The highest BCUT2D eigenvalue weighted by Crippen LogP contribution is 2.31. The minimum absolute atomic E-state index is 0.215. The highest BCUT2D eigenvalue weighted by Gasteiger charge is 2.13. The Hall–Kier alpha value is -0.0900. The summed E-state index contributed by atoms with van der Waals surface area (Å²) in [5.74, 6) is 5.63. The average Bonchev–Trinajstić information content (AvgIpc) is 2.83. The molecule has 1 aromatic heterocycles. The van der Waals surface area contributed by atoms with Gasteiger partial charge in [0.15, 0.2) is 0 Å². The fourth-order valence-electron chi connectivity index (χ4n) is 2.33. The third kappa shape index (κ3) is 6.75. The molecule has 1 aromatic rings. The molecule has 0 saturated heterocycles. The third-order valence-electron chi connectivity index (χ3n) is 3.51. The quantitative estimate of drug-likeness (QED) is 0.324. The summed E-state index contributed by atoms with van der Waals surface area (Å²) in [4.78, 5) is 1.17. The maximum absolute atomic E-state index is 6.14. The van der Waals surface area contributed by atoms with Crippen LogP contribution in [0.4, 0.5) is 0 Å². The van der Waals surface area contributed by atoms with E-state index >= 15 is 0 Å². The van der Waals surface area contributed by atoms with Crippen molar-refractivity contribution < 1.29 is 0 Å². The second-order valence-corrected chi connectivity index (χ2v) is 6.47. The van der Waals surface area contributed by atoms with Crippen molar-refractivity contribution in [1.29, 1.82) is 0 Å². The fourth-order valence-corrected chi connectivity index (χ4v) is 3.61. The molecule has 1 heterocycles. The zero-order valence-electron chi connectivity index (χ0n) is 12.0. The van der Waals surface area contributed by atoms with Crippen LogP contribution in [0.3, 0.4) is 0 Å². The van der Waals surface area contributed by atoms with Crippen molar-refractivity contribution in [1.82, 2.24) is 5.43 Å². The van der Waals surface area contributed by atoms with E-state index in [0.717, 1.165) is 11.4 Å². The van der Waals surface area contributed by atoms with Crippen LogP contribution in [0.1, 0.15) is 75.6 Å². The summed E-state index contributed by atoms with van der Waals surface area (Å²) in [6.07, 6.45) is 11.8. The monoisotopic (exact) mass is 302 g/mol. The molecular weight excluding hydrogens is 276 g/mol. The van der Waals surface area contributed by atoms with Crippen LogP contribution in [-0.2, 0) is 0 Å². The Labute approximate surface area is 126 Å².